The second-order valence-electron chi connectivity index (χ2n) is 6.90. The zero-order valence-electron chi connectivity index (χ0n) is 16.7. The molecule has 1 heterocycles. The van der Waals surface area contributed by atoms with Crippen molar-refractivity contribution in [2.75, 3.05) is 33.2 Å². The first kappa shape index (κ1) is 32.0. The van der Waals surface area contributed by atoms with Crippen LogP contribution in [0.4, 0.5) is 51.8 Å². The van der Waals surface area contributed by atoms with Crippen LogP contribution in [0.2, 0.25) is 0 Å². The van der Waals surface area contributed by atoms with Crippen LogP contribution in [0.3, 0.4) is 0 Å². The Morgan fingerprint density at radius 2 is 1.13 bits per heavy atom. The number of halogens is 12. The van der Waals surface area contributed by atoms with Gasteiger partial charge in [0.2, 0.25) is 5.91 Å². The van der Waals surface area contributed by atoms with Crippen LogP contribution >= 0.6 is 0 Å². The Kier molecular flexibility index (Phi) is 15.2. The highest BCUT2D eigenvalue weighted by molar-refractivity contribution is 6.50. The van der Waals surface area contributed by atoms with Crippen molar-refractivity contribution >= 4 is 27.7 Å². The molecule has 1 saturated heterocycles. The molecule has 0 N–H and O–H groups in total. The maximum absolute atomic E-state index is 11.8. The number of carbonyl (C=O) groups excluding carboxylic acids is 1. The largest absolute Gasteiger partial charge is 0.673 e. The molecule has 0 radical (unpaired) electrons. The van der Waals surface area contributed by atoms with Gasteiger partial charge >= 0.3 is 21.8 Å². The third-order valence-corrected chi connectivity index (χ3v) is 4.04. The van der Waals surface area contributed by atoms with Crippen molar-refractivity contribution in [1.82, 2.24) is 9.80 Å². The van der Waals surface area contributed by atoms with Crippen molar-refractivity contribution in [2.45, 2.75) is 38.5 Å². The molecule has 0 unspecified atom stereocenters. The van der Waals surface area contributed by atoms with E-state index >= 15 is 0 Å². The van der Waals surface area contributed by atoms with E-state index in [1.165, 1.54) is 38.5 Å². The number of piperazine rings is 1. The molecule has 2 aliphatic rings. The van der Waals surface area contributed by atoms with Crippen LogP contribution in [0.15, 0.2) is 0 Å². The minimum atomic E-state index is -6.00. The van der Waals surface area contributed by atoms with Crippen molar-refractivity contribution < 1.29 is 56.6 Å². The number of hydrogen-bond acceptors (Lipinski definition) is 2. The first-order chi connectivity index (χ1) is 13.8. The summed E-state index contributed by atoms with van der Waals surface area (Å²) in [5, 5.41) is 0. The molecule has 188 valence electrons. The zero-order chi connectivity index (χ0) is 24.9. The number of carbonyl (C=O) groups is 1. The van der Waals surface area contributed by atoms with Crippen molar-refractivity contribution in [3.63, 3.8) is 0 Å². The molecule has 1 saturated carbocycles. The quantitative estimate of drug-likeness (QED) is 0.383. The van der Waals surface area contributed by atoms with E-state index in [1.54, 1.807) is 0 Å². The van der Waals surface area contributed by atoms with Gasteiger partial charge in [0.25, 0.3) is 0 Å². The summed E-state index contributed by atoms with van der Waals surface area (Å²) in [5.74, 6) is 1.21. The normalized spacial score (nSPS) is 18.7. The average molecular weight is 485 g/mol. The molecule has 0 aromatic rings. The lowest BCUT2D eigenvalue weighted by atomic mass is 9.87. The summed E-state index contributed by atoms with van der Waals surface area (Å²) in [4.78, 5) is 15.9. The average Bonchev–Trinajstić information content (AvgIpc) is 2.50. The van der Waals surface area contributed by atoms with Crippen LogP contribution in [-0.2, 0) is 4.79 Å². The summed E-state index contributed by atoms with van der Waals surface area (Å²) < 4.78 is 117. The highest BCUT2D eigenvalue weighted by Gasteiger charge is 2.23. The third kappa shape index (κ3) is 33.6. The Labute approximate surface area is 172 Å². The molecule has 2 fully saturated rings. The van der Waals surface area contributed by atoms with Crippen LogP contribution in [0.25, 0.3) is 0 Å². The Morgan fingerprint density at radius 1 is 0.742 bits per heavy atom. The van der Waals surface area contributed by atoms with Gasteiger partial charge in [0.05, 0.1) is 6.54 Å². The van der Waals surface area contributed by atoms with E-state index < -0.39 is 21.8 Å². The van der Waals surface area contributed by atoms with Crippen molar-refractivity contribution in [2.24, 2.45) is 5.92 Å². The molecule has 0 spiro atoms. The fraction of sp³-hybridized carbons (Fsp3) is 0.923. The molecule has 3 nitrogen and oxygen atoms in total. The number of rotatable bonds is 3. The molecule has 0 bridgehead atoms. The van der Waals surface area contributed by atoms with E-state index in [1.807, 2.05) is 7.05 Å². The van der Waals surface area contributed by atoms with Gasteiger partial charge in [-0.05, 0) is 19.4 Å². The van der Waals surface area contributed by atoms with Crippen LogP contribution < -0.4 is 0 Å². The molecule has 1 aliphatic heterocycles. The van der Waals surface area contributed by atoms with Gasteiger partial charge in [-0.1, -0.05) is 32.1 Å². The summed E-state index contributed by atoms with van der Waals surface area (Å²) >= 11 is 0. The maximum atomic E-state index is 11.8. The highest BCUT2D eigenvalue weighted by atomic mass is 19.5. The predicted molar refractivity (Wildman–Crippen MR) is 95.8 cm³/mol. The highest BCUT2D eigenvalue weighted by Crippen LogP contribution is 2.26. The van der Waals surface area contributed by atoms with E-state index in [9.17, 15) is 56.6 Å². The van der Waals surface area contributed by atoms with Gasteiger partial charge < -0.3 is 56.7 Å². The van der Waals surface area contributed by atoms with E-state index in [4.69, 9.17) is 0 Å². The molecular formula is C13H24B3F12N2O-3. The van der Waals surface area contributed by atoms with Crippen LogP contribution in [-0.4, -0.2) is 70.7 Å². The molecule has 0 aromatic heterocycles. The fourth-order valence-corrected chi connectivity index (χ4v) is 2.88. The minimum Gasteiger partial charge on any atom is -0.418 e. The summed E-state index contributed by atoms with van der Waals surface area (Å²) in [6.07, 6.45) is 8.24. The fourth-order valence-electron chi connectivity index (χ4n) is 2.88. The smallest absolute Gasteiger partial charge is 0.418 e. The van der Waals surface area contributed by atoms with Crippen LogP contribution in [0.1, 0.15) is 38.5 Å². The molecule has 31 heavy (non-hydrogen) atoms. The van der Waals surface area contributed by atoms with Crippen molar-refractivity contribution in [3.8, 4) is 0 Å². The Bertz CT molecular complexity index is 437. The maximum Gasteiger partial charge on any atom is 0.673 e. The Balaban J connectivity index is 0. The summed E-state index contributed by atoms with van der Waals surface area (Å²) in [7, 11) is -16.0. The molecule has 0 aromatic carbocycles. The summed E-state index contributed by atoms with van der Waals surface area (Å²) in [6.45, 7) is 3.58. The third-order valence-electron chi connectivity index (χ3n) is 4.04. The van der Waals surface area contributed by atoms with Gasteiger partial charge in [0.1, 0.15) is 0 Å². The van der Waals surface area contributed by atoms with E-state index in [0.717, 1.165) is 25.6 Å². The summed E-state index contributed by atoms with van der Waals surface area (Å²) in [6, 6.07) is 0. The molecule has 18 heteroatoms. The molecule has 1 aliphatic carbocycles. The first-order valence-electron chi connectivity index (χ1n) is 9.34. The lowest BCUT2D eigenvalue weighted by Crippen LogP contribution is -2.49. The first-order valence-corrected chi connectivity index (χ1v) is 9.34. The van der Waals surface area contributed by atoms with Gasteiger partial charge in [-0.2, -0.15) is 0 Å². The molecule has 2 rings (SSSR count). The number of likely N-dealkylation sites (N-methyl/N-ethyl adjacent to an activating group) is 1. The van der Waals surface area contributed by atoms with E-state index in [2.05, 4.69) is 9.80 Å². The van der Waals surface area contributed by atoms with Gasteiger partial charge in [-0.15, -0.1) is 0 Å². The van der Waals surface area contributed by atoms with E-state index in [0.29, 0.717) is 12.5 Å². The van der Waals surface area contributed by atoms with Gasteiger partial charge in [-0.25, -0.2) is 0 Å². The van der Waals surface area contributed by atoms with Crippen LogP contribution in [0.5, 0.6) is 0 Å². The topological polar surface area (TPSA) is 23.6 Å². The number of nitrogens with zero attached hydrogens (tertiary/aromatic N) is 2. The van der Waals surface area contributed by atoms with Gasteiger partial charge in [0.15, 0.2) is 0 Å². The Morgan fingerprint density at radius 3 is 1.48 bits per heavy atom. The molecule has 1 amide bonds. The van der Waals surface area contributed by atoms with Crippen molar-refractivity contribution in [3.05, 3.63) is 0 Å². The second kappa shape index (κ2) is 14.8. The lowest BCUT2D eigenvalue weighted by molar-refractivity contribution is -0.135. The minimum absolute atomic E-state index is 0.324. The van der Waals surface area contributed by atoms with Gasteiger partial charge in [-0.3, -0.25) is 9.69 Å². The number of amides is 1. The molecular weight excluding hydrogens is 461 g/mol. The van der Waals surface area contributed by atoms with Crippen molar-refractivity contribution in [1.29, 1.82) is 0 Å². The standard InChI is InChI=1S/C13H24N2O.3BF4/c1-14-9-10-15(13(16)11-14)8-7-12-5-3-2-4-6-12;3*2-1(3,4)5/h12H,2-11H2,1H3;;;/q;3*-1. The van der Waals surface area contributed by atoms with Crippen LogP contribution in [0, 0.1) is 5.92 Å². The number of hydrogen-bond donors (Lipinski definition) is 0. The van der Waals surface area contributed by atoms with Gasteiger partial charge in [0, 0.05) is 19.6 Å². The Hall–Kier alpha value is -1.22. The zero-order valence-corrected chi connectivity index (χ0v) is 16.7. The second-order valence-corrected chi connectivity index (χ2v) is 6.90. The molecule has 0 atom stereocenters. The summed E-state index contributed by atoms with van der Waals surface area (Å²) in [5.41, 5.74) is 0. The monoisotopic (exact) mass is 485 g/mol. The van der Waals surface area contributed by atoms with E-state index in [-0.39, 0.29) is 0 Å². The lowest BCUT2D eigenvalue weighted by Gasteiger charge is -2.33. The predicted octanol–water partition coefficient (Wildman–Crippen LogP) is 5.63. The SMILES string of the molecule is CN1CCN(CCC2CCCCC2)C(=O)C1.F[B-](F)(F)F.F[B-](F)(F)F.F[B-](F)(F)F.